The molecule has 27 heavy (non-hydrogen) atoms. The minimum Gasteiger partial charge on any atom is -0.468 e. The van der Waals surface area contributed by atoms with E-state index in [1.165, 1.54) is 7.11 Å². The number of fused-ring (bicyclic) bond motifs is 4. The van der Waals surface area contributed by atoms with E-state index in [0.29, 0.717) is 6.42 Å². The molecule has 140 valence electrons. The molecule has 2 aliphatic heterocycles. The summed E-state index contributed by atoms with van der Waals surface area (Å²) in [6, 6.07) is 13.5. The van der Waals surface area contributed by atoms with Gasteiger partial charge in [-0.2, -0.15) is 0 Å². The Balaban J connectivity index is 0.00000180. The van der Waals surface area contributed by atoms with Crippen molar-refractivity contribution in [2.45, 2.75) is 18.5 Å². The average molecular weight is 387 g/mol. The average Bonchev–Trinajstić information content (AvgIpc) is 3.30. The van der Waals surface area contributed by atoms with Gasteiger partial charge in [0.05, 0.1) is 13.2 Å². The SMILES string of the molecule is COC(=O)C1Cc2c([nH]c3ccccc23)C(c2ccc3c(c2)OCO3)N1.Cl. The quantitative estimate of drug-likeness (QED) is 0.662. The van der Waals surface area contributed by atoms with Crippen LogP contribution in [0.1, 0.15) is 22.9 Å². The minimum atomic E-state index is -0.401. The number of ether oxygens (including phenoxy) is 3. The number of aromatic amines is 1. The molecule has 2 N–H and O–H groups in total. The first kappa shape index (κ1) is 17.7. The van der Waals surface area contributed by atoms with E-state index >= 15 is 0 Å². The number of nitrogens with one attached hydrogen (secondary N) is 2. The van der Waals surface area contributed by atoms with Gasteiger partial charge in [-0.3, -0.25) is 10.1 Å². The molecule has 5 rings (SSSR count). The number of esters is 1. The van der Waals surface area contributed by atoms with Crippen molar-refractivity contribution in [1.29, 1.82) is 0 Å². The van der Waals surface area contributed by atoms with Gasteiger partial charge in [0, 0.05) is 23.0 Å². The number of aromatic nitrogens is 1. The molecular weight excluding hydrogens is 368 g/mol. The Bertz CT molecular complexity index is 1020. The van der Waals surface area contributed by atoms with Gasteiger partial charge in [-0.1, -0.05) is 24.3 Å². The van der Waals surface area contributed by atoms with E-state index in [0.717, 1.165) is 39.2 Å². The highest BCUT2D eigenvalue weighted by atomic mass is 35.5. The molecule has 2 aliphatic rings. The summed E-state index contributed by atoms with van der Waals surface area (Å²) < 4.78 is 15.9. The molecular formula is C20H19ClN2O4. The number of hydrogen-bond acceptors (Lipinski definition) is 5. The van der Waals surface area contributed by atoms with Crippen molar-refractivity contribution in [3.63, 3.8) is 0 Å². The van der Waals surface area contributed by atoms with Gasteiger partial charge >= 0.3 is 5.97 Å². The fraction of sp³-hybridized carbons (Fsp3) is 0.250. The van der Waals surface area contributed by atoms with E-state index in [1.807, 2.05) is 30.3 Å². The molecule has 0 saturated heterocycles. The molecule has 0 saturated carbocycles. The van der Waals surface area contributed by atoms with Gasteiger partial charge in [-0.15, -0.1) is 12.4 Å². The van der Waals surface area contributed by atoms with E-state index in [1.54, 1.807) is 0 Å². The Hall–Kier alpha value is -2.70. The third-order valence-corrected chi connectivity index (χ3v) is 5.13. The lowest BCUT2D eigenvalue weighted by Crippen LogP contribution is -2.45. The topological polar surface area (TPSA) is 72.6 Å². The Morgan fingerprint density at radius 1 is 1.15 bits per heavy atom. The van der Waals surface area contributed by atoms with Crippen molar-refractivity contribution >= 4 is 29.3 Å². The lowest BCUT2D eigenvalue weighted by Gasteiger charge is -2.30. The predicted octanol–water partition coefficient (Wildman–Crippen LogP) is 3.10. The number of carbonyl (C=O) groups is 1. The minimum absolute atomic E-state index is 0. The van der Waals surface area contributed by atoms with E-state index < -0.39 is 6.04 Å². The van der Waals surface area contributed by atoms with E-state index in [-0.39, 0.29) is 31.2 Å². The van der Waals surface area contributed by atoms with Gasteiger partial charge in [0.1, 0.15) is 6.04 Å². The molecule has 0 amide bonds. The van der Waals surface area contributed by atoms with Crippen molar-refractivity contribution < 1.29 is 19.0 Å². The van der Waals surface area contributed by atoms with E-state index in [4.69, 9.17) is 14.2 Å². The van der Waals surface area contributed by atoms with Crippen LogP contribution in [0.2, 0.25) is 0 Å². The van der Waals surface area contributed by atoms with Crippen LogP contribution in [0.4, 0.5) is 0 Å². The number of H-pyrrole nitrogens is 1. The summed E-state index contributed by atoms with van der Waals surface area (Å²) in [7, 11) is 1.42. The number of rotatable bonds is 2. The molecule has 0 fully saturated rings. The van der Waals surface area contributed by atoms with Crippen LogP contribution < -0.4 is 14.8 Å². The molecule has 7 heteroatoms. The van der Waals surface area contributed by atoms with Gasteiger partial charge in [0.2, 0.25) is 6.79 Å². The number of carbonyl (C=O) groups excluding carboxylic acids is 1. The largest absolute Gasteiger partial charge is 0.468 e. The number of benzene rings is 2. The molecule has 2 atom stereocenters. The Morgan fingerprint density at radius 3 is 2.81 bits per heavy atom. The first-order valence-electron chi connectivity index (χ1n) is 8.57. The second-order valence-corrected chi connectivity index (χ2v) is 6.56. The maximum atomic E-state index is 12.3. The van der Waals surface area contributed by atoms with Crippen molar-refractivity contribution in [1.82, 2.24) is 10.3 Å². The standard InChI is InChI=1S/C20H18N2O4.ClH/c1-24-20(23)15-9-13-12-4-2-3-5-14(12)21-19(13)18(22-15)11-6-7-16-17(8-11)26-10-25-16;/h2-8,15,18,21-22H,9-10H2,1H3;1H. The lowest BCUT2D eigenvalue weighted by molar-refractivity contribution is -0.143. The summed E-state index contributed by atoms with van der Waals surface area (Å²) in [5.74, 6) is 1.21. The zero-order chi connectivity index (χ0) is 17.7. The fourth-order valence-electron chi connectivity index (χ4n) is 3.88. The molecule has 0 aliphatic carbocycles. The second-order valence-electron chi connectivity index (χ2n) is 6.56. The molecule has 2 aromatic carbocycles. The Morgan fingerprint density at radius 2 is 1.96 bits per heavy atom. The summed E-state index contributed by atoms with van der Waals surface area (Å²) in [4.78, 5) is 15.8. The Labute approximate surface area is 162 Å². The van der Waals surface area contributed by atoms with Crippen molar-refractivity contribution in [3.05, 3.63) is 59.3 Å². The van der Waals surface area contributed by atoms with Gasteiger partial charge in [-0.05, 0) is 29.3 Å². The monoisotopic (exact) mass is 386 g/mol. The van der Waals surface area contributed by atoms with Crippen LogP contribution in [-0.2, 0) is 16.0 Å². The first-order chi connectivity index (χ1) is 12.7. The third kappa shape index (κ3) is 2.81. The van der Waals surface area contributed by atoms with Crippen molar-refractivity contribution in [3.8, 4) is 11.5 Å². The molecule has 2 unspecified atom stereocenters. The normalized spacial score (nSPS) is 20.0. The molecule has 0 bridgehead atoms. The summed E-state index contributed by atoms with van der Waals surface area (Å²) in [5, 5.41) is 4.57. The lowest BCUT2D eigenvalue weighted by atomic mass is 9.90. The van der Waals surface area contributed by atoms with E-state index in [2.05, 4.69) is 22.4 Å². The third-order valence-electron chi connectivity index (χ3n) is 5.13. The summed E-state index contributed by atoms with van der Waals surface area (Å²) in [6.07, 6.45) is 0.590. The Kier molecular flexibility index (Phi) is 4.45. The van der Waals surface area contributed by atoms with Crippen molar-refractivity contribution in [2.24, 2.45) is 0 Å². The predicted molar refractivity (Wildman–Crippen MR) is 103 cm³/mol. The number of halogens is 1. The first-order valence-corrected chi connectivity index (χ1v) is 8.57. The van der Waals surface area contributed by atoms with Crippen LogP contribution in [-0.4, -0.2) is 30.9 Å². The van der Waals surface area contributed by atoms with Crippen molar-refractivity contribution in [2.75, 3.05) is 13.9 Å². The van der Waals surface area contributed by atoms with Crippen LogP contribution in [0.5, 0.6) is 11.5 Å². The van der Waals surface area contributed by atoms with Crippen LogP contribution in [0.25, 0.3) is 10.9 Å². The molecule has 3 aromatic rings. The maximum absolute atomic E-state index is 12.3. The van der Waals surface area contributed by atoms with Crippen LogP contribution in [0.3, 0.4) is 0 Å². The molecule has 6 nitrogen and oxygen atoms in total. The smallest absolute Gasteiger partial charge is 0.323 e. The maximum Gasteiger partial charge on any atom is 0.323 e. The van der Waals surface area contributed by atoms with Crippen LogP contribution >= 0.6 is 12.4 Å². The van der Waals surface area contributed by atoms with Gasteiger partial charge in [0.25, 0.3) is 0 Å². The van der Waals surface area contributed by atoms with Gasteiger partial charge < -0.3 is 19.2 Å². The molecule has 3 heterocycles. The van der Waals surface area contributed by atoms with Crippen LogP contribution in [0.15, 0.2) is 42.5 Å². The molecule has 0 radical (unpaired) electrons. The highest BCUT2D eigenvalue weighted by molar-refractivity contribution is 5.87. The van der Waals surface area contributed by atoms with Gasteiger partial charge in [0.15, 0.2) is 11.5 Å². The van der Waals surface area contributed by atoms with Gasteiger partial charge in [-0.25, -0.2) is 0 Å². The van der Waals surface area contributed by atoms with Crippen LogP contribution in [0, 0.1) is 0 Å². The second kappa shape index (κ2) is 6.79. The number of methoxy groups -OCH3 is 1. The highest BCUT2D eigenvalue weighted by Crippen LogP contribution is 2.39. The van der Waals surface area contributed by atoms with E-state index in [9.17, 15) is 4.79 Å². The summed E-state index contributed by atoms with van der Waals surface area (Å²) in [5.41, 5.74) is 4.30. The molecule has 1 aromatic heterocycles. The molecule has 0 spiro atoms. The zero-order valence-corrected chi connectivity index (χ0v) is 15.5. The number of hydrogen-bond donors (Lipinski definition) is 2. The number of para-hydroxylation sites is 1. The fourth-order valence-corrected chi connectivity index (χ4v) is 3.88. The zero-order valence-electron chi connectivity index (χ0n) is 14.7. The summed E-state index contributed by atoms with van der Waals surface area (Å²) >= 11 is 0. The highest BCUT2D eigenvalue weighted by Gasteiger charge is 2.35. The summed E-state index contributed by atoms with van der Waals surface area (Å²) in [6.45, 7) is 0.235.